The highest BCUT2D eigenvalue weighted by Gasteiger charge is 2.23. The first-order valence-corrected chi connectivity index (χ1v) is 10.4. The van der Waals surface area contributed by atoms with E-state index in [0.29, 0.717) is 25.0 Å². The number of hydrogen-bond donors (Lipinski definition) is 2. The largest absolute Gasteiger partial charge is 0.419 e. The van der Waals surface area contributed by atoms with Gasteiger partial charge in [0.25, 0.3) is 0 Å². The van der Waals surface area contributed by atoms with Crippen molar-refractivity contribution in [3.05, 3.63) is 70.7 Å². The summed E-state index contributed by atoms with van der Waals surface area (Å²) in [6.45, 7) is 3.70. The summed E-state index contributed by atoms with van der Waals surface area (Å²) < 4.78 is 6.84. The van der Waals surface area contributed by atoms with Crippen LogP contribution in [0.4, 0.5) is 0 Å². The number of aryl methyl sites for hydroxylation is 1. The summed E-state index contributed by atoms with van der Waals surface area (Å²) in [6, 6.07) is 18.2. The molecule has 1 amide bonds. The predicted octanol–water partition coefficient (Wildman–Crippen LogP) is 1.74. The fraction of sp³-hybridized carbons (Fsp3) is 0.391. The number of nitrogens with one attached hydrogen (secondary N) is 2. The number of hydrogen-bond acceptors (Lipinski definition) is 3. The summed E-state index contributed by atoms with van der Waals surface area (Å²) in [5.41, 5.74) is 2.74. The molecule has 2 N–H and O–H groups in total. The maximum absolute atomic E-state index is 12.3. The zero-order valence-corrected chi connectivity index (χ0v) is 16.6. The van der Waals surface area contributed by atoms with Crippen LogP contribution >= 0.6 is 0 Å². The summed E-state index contributed by atoms with van der Waals surface area (Å²) in [6.07, 6.45) is 3.07. The van der Waals surface area contributed by atoms with Crippen LogP contribution in [-0.4, -0.2) is 29.6 Å². The number of likely N-dealkylation sites (tertiary alicyclic amines) is 1. The second-order valence-corrected chi connectivity index (χ2v) is 7.85. The average Bonchev–Trinajstić information content (AvgIpc) is 3.06. The van der Waals surface area contributed by atoms with Crippen molar-refractivity contribution in [2.45, 2.75) is 44.8 Å². The first kappa shape index (κ1) is 19.5. The van der Waals surface area contributed by atoms with E-state index in [2.05, 4.69) is 29.6 Å². The Labute approximate surface area is 170 Å². The molecule has 0 radical (unpaired) electrons. The Bertz CT molecular complexity index is 1000. The fourth-order valence-corrected chi connectivity index (χ4v) is 4.15. The fourth-order valence-electron chi connectivity index (χ4n) is 4.15. The number of aromatic nitrogens is 1. The van der Waals surface area contributed by atoms with Gasteiger partial charge in [0, 0.05) is 37.4 Å². The van der Waals surface area contributed by atoms with Crippen molar-refractivity contribution >= 4 is 17.0 Å². The van der Waals surface area contributed by atoms with E-state index in [4.69, 9.17) is 4.42 Å². The smallest absolute Gasteiger partial charge is 0.408 e. The number of rotatable bonds is 7. The van der Waals surface area contributed by atoms with Gasteiger partial charge < -0.3 is 14.6 Å². The Kier molecular flexibility index (Phi) is 6.10. The molecule has 6 nitrogen and oxygen atoms in total. The third-order valence-corrected chi connectivity index (χ3v) is 5.71. The Morgan fingerprint density at radius 2 is 1.79 bits per heavy atom. The SMILES string of the molecule is O=C(CCCn1c(=O)oc2ccccc21)NC1CC[NH+](Cc2ccccc2)CC1. The molecule has 29 heavy (non-hydrogen) atoms. The number of fused-ring (bicyclic) bond motifs is 1. The van der Waals surface area contributed by atoms with Crippen LogP contribution in [0.5, 0.6) is 0 Å². The van der Waals surface area contributed by atoms with Gasteiger partial charge in [-0.15, -0.1) is 0 Å². The van der Waals surface area contributed by atoms with Gasteiger partial charge in [0.1, 0.15) is 6.54 Å². The van der Waals surface area contributed by atoms with E-state index in [1.54, 1.807) is 15.5 Å². The lowest BCUT2D eigenvalue weighted by molar-refractivity contribution is -0.918. The monoisotopic (exact) mass is 394 g/mol. The molecule has 0 bridgehead atoms. The van der Waals surface area contributed by atoms with Crippen LogP contribution in [0.15, 0.2) is 63.8 Å². The topological polar surface area (TPSA) is 68.7 Å². The van der Waals surface area contributed by atoms with Gasteiger partial charge in [-0.3, -0.25) is 9.36 Å². The normalized spacial score (nSPS) is 19.3. The lowest BCUT2D eigenvalue weighted by Gasteiger charge is -2.29. The van der Waals surface area contributed by atoms with Gasteiger partial charge in [0.15, 0.2) is 5.58 Å². The van der Waals surface area contributed by atoms with Gasteiger partial charge in [-0.25, -0.2) is 4.79 Å². The summed E-state index contributed by atoms with van der Waals surface area (Å²) in [7, 11) is 0. The molecular formula is C23H28N3O3+. The van der Waals surface area contributed by atoms with E-state index < -0.39 is 0 Å². The molecule has 0 saturated carbocycles. The van der Waals surface area contributed by atoms with Crippen LogP contribution in [0.25, 0.3) is 11.1 Å². The van der Waals surface area contributed by atoms with Crippen molar-refractivity contribution in [2.75, 3.05) is 13.1 Å². The molecule has 2 heterocycles. The molecule has 1 fully saturated rings. The molecule has 6 heteroatoms. The van der Waals surface area contributed by atoms with Crippen molar-refractivity contribution in [3.63, 3.8) is 0 Å². The standard InChI is InChI=1S/C23H27N3O3/c27-22(11-6-14-26-20-9-4-5-10-21(20)29-23(26)28)24-19-12-15-25(16-13-19)17-18-7-2-1-3-8-18/h1-5,7-10,19H,6,11-17H2,(H,24,27)/p+1. The molecule has 1 aromatic heterocycles. The number of oxazole rings is 1. The number of para-hydroxylation sites is 2. The molecule has 0 spiro atoms. The molecule has 0 atom stereocenters. The van der Waals surface area contributed by atoms with Crippen molar-refractivity contribution < 1.29 is 14.1 Å². The highest BCUT2D eigenvalue weighted by atomic mass is 16.4. The number of benzene rings is 2. The van der Waals surface area contributed by atoms with Gasteiger partial charge >= 0.3 is 5.76 Å². The Morgan fingerprint density at radius 3 is 2.59 bits per heavy atom. The third-order valence-electron chi connectivity index (χ3n) is 5.71. The number of carbonyl (C=O) groups excluding carboxylic acids is 1. The van der Waals surface area contributed by atoms with E-state index in [1.165, 1.54) is 5.56 Å². The maximum Gasteiger partial charge on any atom is 0.419 e. The number of amides is 1. The van der Waals surface area contributed by atoms with E-state index >= 15 is 0 Å². The molecule has 4 rings (SSSR count). The molecule has 152 valence electrons. The molecule has 0 aliphatic carbocycles. The minimum atomic E-state index is -0.361. The molecule has 3 aromatic rings. The van der Waals surface area contributed by atoms with Crippen molar-refractivity contribution in [1.29, 1.82) is 0 Å². The first-order chi connectivity index (χ1) is 14.2. The highest BCUT2D eigenvalue weighted by Crippen LogP contribution is 2.12. The summed E-state index contributed by atoms with van der Waals surface area (Å²) in [4.78, 5) is 25.9. The maximum atomic E-state index is 12.3. The van der Waals surface area contributed by atoms with Crippen LogP contribution in [0.1, 0.15) is 31.2 Å². The van der Waals surface area contributed by atoms with Crippen LogP contribution in [0.2, 0.25) is 0 Å². The number of piperidine rings is 1. The lowest BCUT2D eigenvalue weighted by atomic mass is 10.0. The van der Waals surface area contributed by atoms with Gasteiger partial charge in [0.2, 0.25) is 5.91 Å². The molecule has 1 aliphatic rings. The van der Waals surface area contributed by atoms with Gasteiger partial charge in [0.05, 0.1) is 18.6 Å². The second kappa shape index (κ2) is 9.09. The Balaban J connectivity index is 1.20. The number of carbonyl (C=O) groups is 1. The second-order valence-electron chi connectivity index (χ2n) is 7.85. The van der Waals surface area contributed by atoms with Gasteiger partial charge in [-0.05, 0) is 18.6 Å². The van der Waals surface area contributed by atoms with Crippen molar-refractivity contribution in [3.8, 4) is 0 Å². The van der Waals surface area contributed by atoms with E-state index in [1.807, 2.05) is 24.3 Å². The zero-order chi connectivity index (χ0) is 20.1. The molecular weight excluding hydrogens is 366 g/mol. The summed E-state index contributed by atoms with van der Waals surface area (Å²) in [5.74, 6) is -0.289. The van der Waals surface area contributed by atoms with E-state index in [-0.39, 0.29) is 17.7 Å². The Morgan fingerprint density at radius 1 is 1.07 bits per heavy atom. The van der Waals surface area contributed by atoms with E-state index in [9.17, 15) is 9.59 Å². The molecule has 1 aliphatic heterocycles. The third kappa shape index (κ3) is 4.95. The predicted molar refractivity (Wildman–Crippen MR) is 112 cm³/mol. The summed E-state index contributed by atoms with van der Waals surface area (Å²) >= 11 is 0. The van der Waals surface area contributed by atoms with Crippen molar-refractivity contribution in [1.82, 2.24) is 9.88 Å². The van der Waals surface area contributed by atoms with Gasteiger partial charge in [-0.1, -0.05) is 42.5 Å². The van der Waals surface area contributed by atoms with Crippen LogP contribution in [-0.2, 0) is 17.9 Å². The number of quaternary nitrogens is 1. The van der Waals surface area contributed by atoms with Gasteiger partial charge in [-0.2, -0.15) is 0 Å². The number of nitrogens with zero attached hydrogens (tertiary/aromatic N) is 1. The minimum Gasteiger partial charge on any atom is -0.408 e. The molecule has 2 aromatic carbocycles. The highest BCUT2D eigenvalue weighted by molar-refractivity contribution is 5.76. The van der Waals surface area contributed by atoms with Crippen molar-refractivity contribution in [2.24, 2.45) is 0 Å². The van der Waals surface area contributed by atoms with Crippen LogP contribution < -0.4 is 16.0 Å². The van der Waals surface area contributed by atoms with Crippen LogP contribution in [0, 0.1) is 0 Å². The lowest BCUT2D eigenvalue weighted by Crippen LogP contribution is -3.12. The minimum absolute atomic E-state index is 0.0716. The molecule has 1 saturated heterocycles. The van der Waals surface area contributed by atoms with Crippen LogP contribution in [0.3, 0.4) is 0 Å². The zero-order valence-electron chi connectivity index (χ0n) is 16.6. The molecule has 0 unspecified atom stereocenters. The average molecular weight is 394 g/mol. The summed E-state index contributed by atoms with van der Waals surface area (Å²) in [5, 5.41) is 3.17. The first-order valence-electron chi connectivity index (χ1n) is 10.4. The van der Waals surface area contributed by atoms with E-state index in [0.717, 1.165) is 38.0 Å². The quantitative estimate of drug-likeness (QED) is 0.641. The Hall–Kier alpha value is -2.86.